The average molecular weight is 395 g/mol. The van der Waals surface area contributed by atoms with Gasteiger partial charge in [-0.1, -0.05) is 35.9 Å². The number of allylic oxidation sites excluding steroid dienone is 2. The number of fused-ring (bicyclic) bond motifs is 3. The van der Waals surface area contributed by atoms with Crippen LogP contribution in [0.25, 0.3) is 0 Å². The van der Waals surface area contributed by atoms with Crippen molar-refractivity contribution in [3.8, 4) is 0 Å². The number of nitrogens with zero attached hydrogens (tertiary/aromatic N) is 1. The van der Waals surface area contributed by atoms with Gasteiger partial charge in [-0.15, -0.1) is 0 Å². The fraction of sp³-hybridized carbons (Fsp3) is 0.263. The lowest BCUT2D eigenvalue weighted by molar-refractivity contribution is -0.384. The molecule has 0 fully saturated rings. The number of halogens is 4. The molecule has 1 N–H and O–H groups in total. The van der Waals surface area contributed by atoms with E-state index >= 15 is 0 Å². The molecule has 0 radical (unpaired) electrons. The maximum atomic E-state index is 13.5. The number of rotatable bonds is 2. The molecule has 2 aliphatic rings. The lowest BCUT2D eigenvalue weighted by atomic mass is 9.76. The van der Waals surface area contributed by atoms with E-state index in [1.54, 1.807) is 12.1 Å². The number of nitro benzene ring substituents is 1. The van der Waals surface area contributed by atoms with Gasteiger partial charge in [0.05, 0.1) is 22.2 Å². The second-order valence-electron chi connectivity index (χ2n) is 6.71. The molecule has 0 unspecified atom stereocenters. The lowest BCUT2D eigenvalue weighted by Crippen LogP contribution is -2.31. The number of hydrogen-bond acceptors (Lipinski definition) is 3. The fourth-order valence-electron chi connectivity index (χ4n) is 4.03. The van der Waals surface area contributed by atoms with Gasteiger partial charge < -0.3 is 5.32 Å². The topological polar surface area (TPSA) is 55.2 Å². The molecule has 27 heavy (non-hydrogen) atoms. The zero-order valence-electron chi connectivity index (χ0n) is 13.8. The molecule has 8 heteroatoms. The Labute approximate surface area is 157 Å². The third-order valence-electron chi connectivity index (χ3n) is 5.23. The van der Waals surface area contributed by atoms with E-state index < -0.39 is 22.7 Å². The van der Waals surface area contributed by atoms with Crippen LogP contribution >= 0.6 is 11.6 Å². The van der Waals surface area contributed by atoms with Crippen molar-refractivity contribution in [2.75, 3.05) is 5.32 Å². The normalized spacial score (nSPS) is 23.5. The van der Waals surface area contributed by atoms with Gasteiger partial charge in [0.15, 0.2) is 0 Å². The number of non-ortho nitro benzene ring substituents is 1. The van der Waals surface area contributed by atoms with Gasteiger partial charge in [-0.05, 0) is 30.0 Å². The molecular weight excluding hydrogens is 381 g/mol. The van der Waals surface area contributed by atoms with Crippen molar-refractivity contribution >= 4 is 23.0 Å². The quantitative estimate of drug-likeness (QED) is 0.380. The van der Waals surface area contributed by atoms with E-state index in [-0.39, 0.29) is 23.2 Å². The van der Waals surface area contributed by atoms with Crippen molar-refractivity contribution in [2.45, 2.75) is 24.6 Å². The molecule has 4 rings (SSSR count). The summed E-state index contributed by atoms with van der Waals surface area (Å²) in [6, 6.07) is 7.79. The number of anilines is 1. The van der Waals surface area contributed by atoms with Gasteiger partial charge in [0, 0.05) is 28.6 Å². The highest BCUT2D eigenvalue weighted by atomic mass is 35.5. The number of alkyl halides is 3. The number of benzene rings is 2. The van der Waals surface area contributed by atoms with Crippen LogP contribution in [0.15, 0.2) is 48.6 Å². The highest BCUT2D eigenvalue weighted by Gasteiger charge is 2.44. The van der Waals surface area contributed by atoms with Crippen LogP contribution < -0.4 is 5.32 Å². The van der Waals surface area contributed by atoms with Gasteiger partial charge in [-0.2, -0.15) is 13.2 Å². The van der Waals surface area contributed by atoms with Gasteiger partial charge in [0.2, 0.25) is 0 Å². The summed E-state index contributed by atoms with van der Waals surface area (Å²) in [4.78, 5) is 10.4. The first-order valence-corrected chi connectivity index (χ1v) is 8.72. The Bertz CT molecular complexity index is 941. The molecule has 0 aromatic heterocycles. The van der Waals surface area contributed by atoms with Gasteiger partial charge in [-0.3, -0.25) is 10.1 Å². The summed E-state index contributed by atoms with van der Waals surface area (Å²) < 4.78 is 40.6. The van der Waals surface area contributed by atoms with Crippen molar-refractivity contribution in [3.05, 3.63) is 80.4 Å². The van der Waals surface area contributed by atoms with Crippen LogP contribution in [-0.2, 0) is 6.18 Å². The van der Waals surface area contributed by atoms with Crippen LogP contribution in [0, 0.1) is 16.0 Å². The summed E-state index contributed by atoms with van der Waals surface area (Å²) in [6.07, 6.45) is 0.0119. The standard InChI is InChI=1S/C19H14ClF3N2O2/c20-15-9-8-14(19(21,22)23)18-16(15)12-2-1-3-13(12)17(24-18)10-4-6-11(7-5-10)25(26)27/h1-2,4-9,12-13,17,24H,3H2/t12-,13+,17-/m0/s1. The Morgan fingerprint density at radius 3 is 2.48 bits per heavy atom. The molecule has 1 aliphatic heterocycles. The molecular formula is C19H14ClF3N2O2. The molecule has 2 aromatic rings. The monoisotopic (exact) mass is 394 g/mol. The summed E-state index contributed by atoms with van der Waals surface area (Å²) in [5, 5.41) is 14.2. The van der Waals surface area contributed by atoms with Crippen LogP contribution in [0.1, 0.15) is 35.1 Å². The molecule has 3 atom stereocenters. The zero-order chi connectivity index (χ0) is 19.3. The van der Waals surface area contributed by atoms with Gasteiger partial charge in [0.1, 0.15) is 0 Å². The van der Waals surface area contributed by atoms with E-state index in [1.807, 2.05) is 12.2 Å². The molecule has 1 heterocycles. The van der Waals surface area contributed by atoms with Crippen molar-refractivity contribution < 1.29 is 18.1 Å². The smallest absolute Gasteiger partial charge is 0.377 e. The second-order valence-corrected chi connectivity index (χ2v) is 7.11. The van der Waals surface area contributed by atoms with Crippen LogP contribution in [0.4, 0.5) is 24.5 Å². The van der Waals surface area contributed by atoms with E-state index in [4.69, 9.17) is 11.6 Å². The molecule has 0 saturated heterocycles. The number of nitrogens with one attached hydrogen (secondary N) is 1. The predicted molar refractivity (Wildman–Crippen MR) is 95.9 cm³/mol. The van der Waals surface area contributed by atoms with Gasteiger partial charge in [-0.25, -0.2) is 0 Å². The molecule has 2 aromatic carbocycles. The maximum Gasteiger partial charge on any atom is 0.418 e. The first-order chi connectivity index (χ1) is 12.8. The molecule has 0 amide bonds. The Morgan fingerprint density at radius 1 is 1.15 bits per heavy atom. The van der Waals surface area contributed by atoms with Crippen molar-refractivity contribution in [1.82, 2.24) is 0 Å². The van der Waals surface area contributed by atoms with E-state index in [0.717, 1.165) is 6.07 Å². The minimum atomic E-state index is -4.52. The average Bonchev–Trinajstić information content (AvgIpc) is 3.09. The second kappa shape index (κ2) is 6.27. The summed E-state index contributed by atoms with van der Waals surface area (Å²) in [5.74, 6) is -0.254. The van der Waals surface area contributed by atoms with Crippen molar-refractivity contribution in [3.63, 3.8) is 0 Å². The lowest BCUT2D eigenvalue weighted by Gasteiger charge is -2.39. The highest BCUT2D eigenvalue weighted by molar-refractivity contribution is 6.32. The van der Waals surface area contributed by atoms with Gasteiger partial charge >= 0.3 is 6.18 Å². The molecule has 0 bridgehead atoms. The van der Waals surface area contributed by atoms with E-state index in [2.05, 4.69) is 5.32 Å². The minimum Gasteiger partial charge on any atom is -0.377 e. The van der Waals surface area contributed by atoms with E-state index in [0.29, 0.717) is 22.6 Å². The zero-order valence-corrected chi connectivity index (χ0v) is 14.6. The summed E-state index contributed by atoms with van der Waals surface area (Å²) in [7, 11) is 0. The van der Waals surface area contributed by atoms with Crippen LogP contribution in [-0.4, -0.2) is 4.92 Å². The first kappa shape index (κ1) is 17.9. The van der Waals surface area contributed by atoms with Gasteiger partial charge in [0.25, 0.3) is 5.69 Å². The largest absolute Gasteiger partial charge is 0.418 e. The van der Waals surface area contributed by atoms with E-state index in [9.17, 15) is 23.3 Å². The highest BCUT2D eigenvalue weighted by Crippen LogP contribution is 2.54. The fourth-order valence-corrected chi connectivity index (χ4v) is 4.32. The van der Waals surface area contributed by atoms with Crippen LogP contribution in [0.3, 0.4) is 0 Å². The van der Waals surface area contributed by atoms with E-state index in [1.165, 1.54) is 18.2 Å². The Morgan fingerprint density at radius 2 is 1.85 bits per heavy atom. The maximum absolute atomic E-state index is 13.5. The first-order valence-electron chi connectivity index (χ1n) is 8.34. The Hall–Kier alpha value is -2.54. The summed E-state index contributed by atoms with van der Waals surface area (Å²) >= 11 is 6.26. The van der Waals surface area contributed by atoms with Crippen LogP contribution in [0.2, 0.25) is 5.02 Å². The summed E-state index contributed by atoms with van der Waals surface area (Å²) in [6.45, 7) is 0. The SMILES string of the molecule is O=[N+]([O-])c1ccc([C@@H]2Nc3c(C(F)(F)F)ccc(Cl)c3[C@H]3C=CC[C@H]32)cc1. The molecule has 1 aliphatic carbocycles. The number of nitro groups is 1. The summed E-state index contributed by atoms with van der Waals surface area (Å²) in [5.41, 5.74) is 0.343. The Balaban J connectivity index is 1.83. The molecule has 4 nitrogen and oxygen atoms in total. The molecule has 140 valence electrons. The van der Waals surface area contributed by atoms with Crippen molar-refractivity contribution in [2.24, 2.45) is 5.92 Å². The molecule has 0 saturated carbocycles. The third-order valence-corrected chi connectivity index (χ3v) is 5.56. The van der Waals surface area contributed by atoms with Crippen LogP contribution in [0.5, 0.6) is 0 Å². The predicted octanol–water partition coefficient (Wildman–Crippen LogP) is 6.09. The number of hydrogen-bond donors (Lipinski definition) is 1. The minimum absolute atomic E-state index is 0.00819. The Kier molecular flexibility index (Phi) is 4.14. The molecule has 0 spiro atoms. The van der Waals surface area contributed by atoms with Crippen molar-refractivity contribution in [1.29, 1.82) is 0 Å². The third kappa shape index (κ3) is 2.96.